The lowest BCUT2D eigenvalue weighted by Gasteiger charge is -2.07. The third-order valence-electron chi connectivity index (χ3n) is 2.37. The number of H-pyrrole nitrogens is 1. The van der Waals surface area contributed by atoms with Gasteiger partial charge >= 0.3 is 0 Å². The maximum atomic E-state index is 5.83. The van der Waals surface area contributed by atoms with Crippen LogP contribution in [-0.2, 0) is 0 Å². The Morgan fingerprint density at radius 2 is 2.19 bits per heavy atom. The normalized spacial score (nSPS) is 10.4. The van der Waals surface area contributed by atoms with Crippen molar-refractivity contribution in [3.8, 4) is 17.0 Å². The minimum Gasteiger partial charge on any atom is -0.496 e. The molecule has 0 unspecified atom stereocenters. The number of anilines is 1. The van der Waals surface area contributed by atoms with E-state index in [-0.39, 0.29) is 0 Å². The Kier molecular flexibility index (Phi) is 2.75. The first-order chi connectivity index (χ1) is 7.63. The summed E-state index contributed by atoms with van der Waals surface area (Å²) in [5.41, 5.74) is 8.82. The molecule has 0 saturated carbocycles. The van der Waals surface area contributed by atoms with Crippen molar-refractivity contribution < 1.29 is 4.74 Å². The van der Waals surface area contributed by atoms with Crippen molar-refractivity contribution in [1.29, 1.82) is 0 Å². The van der Waals surface area contributed by atoms with Gasteiger partial charge in [0.05, 0.1) is 12.8 Å². The monoisotopic (exact) mass is 237 g/mol. The SMILES string of the molecule is COc1ccc(C)cc1-c1n[nH]c(Cl)c1N. The fourth-order valence-electron chi connectivity index (χ4n) is 1.54. The Morgan fingerprint density at radius 1 is 1.44 bits per heavy atom. The zero-order valence-corrected chi connectivity index (χ0v) is 9.80. The molecule has 84 valence electrons. The highest BCUT2D eigenvalue weighted by Gasteiger charge is 2.14. The van der Waals surface area contributed by atoms with E-state index in [4.69, 9.17) is 22.1 Å². The quantitative estimate of drug-likeness (QED) is 0.844. The molecule has 0 bridgehead atoms. The van der Waals surface area contributed by atoms with E-state index in [1.807, 2.05) is 25.1 Å². The maximum Gasteiger partial charge on any atom is 0.148 e. The van der Waals surface area contributed by atoms with E-state index >= 15 is 0 Å². The maximum absolute atomic E-state index is 5.83. The number of nitrogens with one attached hydrogen (secondary N) is 1. The number of rotatable bonds is 2. The smallest absolute Gasteiger partial charge is 0.148 e. The van der Waals surface area contributed by atoms with Crippen LogP contribution in [0.2, 0.25) is 5.15 Å². The number of benzene rings is 1. The summed E-state index contributed by atoms with van der Waals surface area (Å²) in [7, 11) is 1.61. The second kappa shape index (κ2) is 4.06. The third kappa shape index (κ3) is 1.72. The minimum atomic E-state index is 0.346. The summed E-state index contributed by atoms with van der Waals surface area (Å²) in [4.78, 5) is 0. The Labute approximate surface area is 98.4 Å². The number of nitrogen functional groups attached to an aromatic ring is 1. The molecule has 2 aromatic rings. The lowest BCUT2D eigenvalue weighted by molar-refractivity contribution is 0.416. The molecule has 1 aromatic heterocycles. The Morgan fingerprint density at radius 3 is 2.75 bits per heavy atom. The average Bonchev–Trinajstić information content (AvgIpc) is 2.60. The van der Waals surface area contributed by atoms with Crippen LogP contribution >= 0.6 is 11.6 Å². The molecule has 1 aromatic carbocycles. The number of nitrogens with zero attached hydrogens (tertiary/aromatic N) is 1. The van der Waals surface area contributed by atoms with Crippen LogP contribution in [0.5, 0.6) is 5.75 Å². The summed E-state index contributed by atoms with van der Waals surface area (Å²) in [6, 6.07) is 5.81. The van der Waals surface area contributed by atoms with Crippen LogP contribution < -0.4 is 10.5 Å². The predicted octanol–water partition coefficient (Wildman–Crippen LogP) is 2.63. The van der Waals surface area contributed by atoms with E-state index in [0.717, 1.165) is 16.9 Å². The lowest BCUT2D eigenvalue weighted by Crippen LogP contribution is -1.92. The molecule has 0 amide bonds. The van der Waals surface area contributed by atoms with Crippen LogP contribution in [0.4, 0.5) is 5.69 Å². The van der Waals surface area contributed by atoms with E-state index in [0.29, 0.717) is 16.5 Å². The number of nitrogens with two attached hydrogens (primary N) is 1. The molecule has 1 heterocycles. The van der Waals surface area contributed by atoms with Crippen molar-refractivity contribution >= 4 is 17.3 Å². The van der Waals surface area contributed by atoms with E-state index < -0.39 is 0 Å². The van der Waals surface area contributed by atoms with Crippen LogP contribution in [0, 0.1) is 6.92 Å². The average molecular weight is 238 g/mol. The van der Waals surface area contributed by atoms with E-state index in [2.05, 4.69) is 10.2 Å². The van der Waals surface area contributed by atoms with Crippen LogP contribution in [0.25, 0.3) is 11.3 Å². The van der Waals surface area contributed by atoms with Crippen LogP contribution in [0.1, 0.15) is 5.56 Å². The lowest BCUT2D eigenvalue weighted by atomic mass is 10.1. The summed E-state index contributed by atoms with van der Waals surface area (Å²) >= 11 is 5.83. The summed E-state index contributed by atoms with van der Waals surface area (Å²) in [5.74, 6) is 0.723. The van der Waals surface area contributed by atoms with Gasteiger partial charge in [-0.3, -0.25) is 5.10 Å². The fourth-order valence-corrected chi connectivity index (χ4v) is 1.67. The molecule has 0 saturated heterocycles. The Bertz CT molecular complexity index is 522. The van der Waals surface area contributed by atoms with Gasteiger partial charge in [0.25, 0.3) is 0 Å². The second-order valence-corrected chi connectivity index (χ2v) is 3.88. The molecular weight excluding hydrogens is 226 g/mol. The largest absolute Gasteiger partial charge is 0.496 e. The molecule has 0 aliphatic carbocycles. The number of aryl methyl sites for hydroxylation is 1. The van der Waals surface area contributed by atoms with Gasteiger partial charge in [0, 0.05) is 5.56 Å². The van der Waals surface area contributed by atoms with E-state index in [1.54, 1.807) is 7.11 Å². The minimum absolute atomic E-state index is 0.346. The molecule has 0 fully saturated rings. The van der Waals surface area contributed by atoms with Crippen molar-refractivity contribution in [3.63, 3.8) is 0 Å². The van der Waals surface area contributed by atoms with Crippen LogP contribution in [-0.4, -0.2) is 17.3 Å². The zero-order chi connectivity index (χ0) is 11.7. The van der Waals surface area contributed by atoms with Gasteiger partial charge in [0.1, 0.15) is 16.6 Å². The van der Waals surface area contributed by atoms with Crippen molar-refractivity contribution in [2.45, 2.75) is 6.92 Å². The third-order valence-corrected chi connectivity index (χ3v) is 2.66. The van der Waals surface area contributed by atoms with Crippen molar-refractivity contribution in [2.75, 3.05) is 12.8 Å². The van der Waals surface area contributed by atoms with E-state index in [9.17, 15) is 0 Å². The number of hydrogen-bond acceptors (Lipinski definition) is 3. The van der Waals surface area contributed by atoms with Gasteiger partial charge in [-0.25, -0.2) is 0 Å². The highest BCUT2D eigenvalue weighted by Crippen LogP contribution is 2.35. The topological polar surface area (TPSA) is 63.9 Å². The predicted molar refractivity (Wildman–Crippen MR) is 64.7 cm³/mol. The molecule has 0 spiro atoms. The van der Waals surface area contributed by atoms with Gasteiger partial charge in [0.2, 0.25) is 0 Å². The van der Waals surface area contributed by atoms with Crippen molar-refractivity contribution in [1.82, 2.24) is 10.2 Å². The second-order valence-electron chi connectivity index (χ2n) is 3.50. The molecule has 3 N–H and O–H groups in total. The first kappa shape index (κ1) is 10.8. The van der Waals surface area contributed by atoms with Gasteiger partial charge in [-0.1, -0.05) is 23.2 Å². The molecule has 5 heteroatoms. The summed E-state index contributed by atoms with van der Waals surface area (Å²) in [5, 5.41) is 7.06. The Balaban J connectivity index is 2.62. The molecule has 16 heavy (non-hydrogen) atoms. The van der Waals surface area contributed by atoms with Gasteiger partial charge in [-0.15, -0.1) is 0 Å². The van der Waals surface area contributed by atoms with Gasteiger partial charge < -0.3 is 10.5 Å². The number of halogens is 1. The first-order valence-corrected chi connectivity index (χ1v) is 5.15. The summed E-state index contributed by atoms with van der Waals surface area (Å²) in [6.07, 6.45) is 0. The number of aromatic amines is 1. The number of aromatic nitrogens is 2. The number of hydrogen-bond donors (Lipinski definition) is 2. The zero-order valence-electron chi connectivity index (χ0n) is 9.04. The molecular formula is C11H12ClN3O. The molecule has 2 rings (SSSR count). The number of methoxy groups -OCH3 is 1. The summed E-state index contributed by atoms with van der Waals surface area (Å²) < 4.78 is 5.27. The van der Waals surface area contributed by atoms with Gasteiger partial charge in [-0.05, 0) is 19.1 Å². The van der Waals surface area contributed by atoms with Crippen LogP contribution in [0.3, 0.4) is 0 Å². The van der Waals surface area contributed by atoms with Gasteiger partial charge in [-0.2, -0.15) is 5.10 Å². The van der Waals surface area contributed by atoms with Crippen LogP contribution in [0.15, 0.2) is 18.2 Å². The molecule has 4 nitrogen and oxygen atoms in total. The molecule has 0 aliphatic heterocycles. The summed E-state index contributed by atoms with van der Waals surface area (Å²) in [6.45, 7) is 1.99. The highest BCUT2D eigenvalue weighted by molar-refractivity contribution is 6.32. The molecule has 0 radical (unpaired) electrons. The standard InChI is InChI=1S/C11H12ClN3O/c1-6-3-4-8(16-2)7(5-6)10-9(13)11(12)15-14-10/h3-5H,13H2,1-2H3,(H,14,15). The van der Waals surface area contributed by atoms with Gasteiger partial charge in [0.15, 0.2) is 0 Å². The number of ether oxygens (including phenoxy) is 1. The first-order valence-electron chi connectivity index (χ1n) is 4.78. The van der Waals surface area contributed by atoms with Crippen molar-refractivity contribution in [3.05, 3.63) is 28.9 Å². The molecule has 0 atom stereocenters. The highest BCUT2D eigenvalue weighted by atomic mass is 35.5. The van der Waals surface area contributed by atoms with E-state index in [1.165, 1.54) is 0 Å². The molecule has 0 aliphatic rings. The van der Waals surface area contributed by atoms with Crippen molar-refractivity contribution in [2.24, 2.45) is 0 Å². The Hall–Kier alpha value is -1.68. The fraction of sp³-hybridized carbons (Fsp3) is 0.182.